The van der Waals surface area contributed by atoms with Crippen LogP contribution in [-0.2, 0) is 6.50 Å². The Hall–Kier alpha value is -1.54. The summed E-state index contributed by atoms with van der Waals surface area (Å²) >= 11 is 0. The van der Waals surface area contributed by atoms with Crippen LogP contribution in [0.15, 0.2) is 36.4 Å². The molecule has 0 spiro atoms. The van der Waals surface area contributed by atoms with Gasteiger partial charge in [0, 0.05) is 14.8 Å². The molecule has 1 N–H and O–H groups in total. The zero-order valence-electron chi connectivity index (χ0n) is 12.3. The monoisotopic (exact) mass is 231 g/mol. The lowest BCUT2D eigenvalue weighted by atomic mass is 10.0. The van der Waals surface area contributed by atoms with Crippen LogP contribution in [0.3, 0.4) is 0 Å². The summed E-state index contributed by atoms with van der Waals surface area (Å²) in [5.74, 6) is 0.00981. The van der Waals surface area contributed by atoms with Gasteiger partial charge in [-0.15, -0.1) is 0 Å². The van der Waals surface area contributed by atoms with Gasteiger partial charge in [-0.2, -0.15) is 0 Å². The molecule has 0 amide bonds. The molecule has 0 aliphatic carbocycles. The molecule has 17 heavy (non-hydrogen) atoms. The summed E-state index contributed by atoms with van der Waals surface area (Å²) in [7, 11) is 0. The first kappa shape index (κ1) is 9.49. The number of hydrogen-bond acceptors (Lipinski definition) is 2. The van der Waals surface area contributed by atoms with Gasteiger partial charge in [0.2, 0.25) is 0 Å². The van der Waals surface area contributed by atoms with E-state index in [1.165, 1.54) is 0 Å². The largest absolute Gasteiger partial charge is 0.508 e. The summed E-state index contributed by atoms with van der Waals surface area (Å²) in [5, 5.41) is 11.8. The van der Waals surface area contributed by atoms with Crippen molar-refractivity contribution in [1.82, 2.24) is 4.90 Å². The molecule has 0 saturated heterocycles. The highest BCUT2D eigenvalue weighted by atomic mass is 16.3. The number of fused-ring (bicyclic) bond motifs is 1. The van der Waals surface area contributed by atoms with Crippen molar-refractivity contribution >= 4 is 10.8 Å². The van der Waals surface area contributed by atoms with Crippen molar-refractivity contribution in [1.29, 1.82) is 0 Å². The Morgan fingerprint density at radius 2 is 1.82 bits per heavy atom. The molecule has 0 aromatic heterocycles. The summed E-state index contributed by atoms with van der Waals surface area (Å²) in [6.45, 7) is 3.33. The van der Waals surface area contributed by atoms with E-state index in [0.29, 0.717) is 18.7 Å². The van der Waals surface area contributed by atoms with Crippen LogP contribution in [0.4, 0.5) is 0 Å². The van der Waals surface area contributed by atoms with Crippen molar-refractivity contribution in [2.75, 3.05) is 13.1 Å². The van der Waals surface area contributed by atoms with Crippen LogP contribution in [0.1, 0.15) is 22.2 Å². The first-order valence-electron chi connectivity index (χ1n) is 6.98. The number of aromatic hydroxyl groups is 1. The van der Waals surface area contributed by atoms with Crippen LogP contribution in [0.2, 0.25) is 0 Å². The Labute approximate surface area is 105 Å². The molecule has 2 heteroatoms. The van der Waals surface area contributed by atoms with Crippen molar-refractivity contribution in [3.63, 3.8) is 0 Å². The third kappa shape index (κ3) is 2.42. The normalized spacial score (nSPS) is 13.8. The molecule has 2 aromatic carbocycles. The third-order valence-electron chi connectivity index (χ3n) is 2.94. The molecule has 0 aliphatic heterocycles. The van der Waals surface area contributed by atoms with E-state index < -0.39 is 6.50 Å². The fraction of sp³-hybridized carbons (Fsp3) is 0.333. The molecular formula is C15H19NO. The lowest BCUT2D eigenvalue weighted by Gasteiger charge is -2.20. The molecule has 0 saturated carbocycles. The number of rotatable bonds is 4. The highest BCUT2D eigenvalue weighted by Gasteiger charge is 2.09. The van der Waals surface area contributed by atoms with Crippen molar-refractivity contribution in [3.05, 3.63) is 42.0 Å². The van der Waals surface area contributed by atoms with Gasteiger partial charge in [-0.25, -0.2) is 0 Å². The first-order valence-corrected chi connectivity index (χ1v) is 5.98. The van der Waals surface area contributed by atoms with Crippen LogP contribution in [-0.4, -0.2) is 23.1 Å². The van der Waals surface area contributed by atoms with E-state index in [1.807, 2.05) is 44.2 Å². The maximum atomic E-state index is 10.1. The molecular weight excluding hydrogens is 210 g/mol. The van der Waals surface area contributed by atoms with Gasteiger partial charge in [0.05, 0.1) is 0 Å². The van der Waals surface area contributed by atoms with Crippen LogP contribution in [0, 0.1) is 0 Å². The summed E-state index contributed by atoms with van der Waals surface area (Å²) in [4.78, 5) is 1.70. The minimum absolute atomic E-state index is 0.00981. The summed E-state index contributed by atoms with van der Waals surface area (Å²) in [6, 6.07) is 10.9. The Morgan fingerprint density at radius 3 is 2.53 bits per heavy atom. The Bertz CT molecular complexity index is 579. The van der Waals surface area contributed by atoms with Gasteiger partial charge in [-0.1, -0.05) is 44.2 Å². The van der Waals surface area contributed by atoms with E-state index in [0.717, 1.165) is 10.8 Å². The molecule has 0 heterocycles. The van der Waals surface area contributed by atoms with Crippen molar-refractivity contribution < 1.29 is 7.85 Å². The number of nitrogens with zero attached hydrogens (tertiary/aromatic N) is 1. The fourth-order valence-electron chi connectivity index (χ4n) is 1.92. The van der Waals surface area contributed by atoms with E-state index in [-0.39, 0.29) is 5.75 Å². The number of phenols is 1. The van der Waals surface area contributed by atoms with E-state index in [9.17, 15) is 5.11 Å². The van der Waals surface area contributed by atoms with E-state index in [1.54, 1.807) is 11.0 Å². The van der Waals surface area contributed by atoms with Gasteiger partial charge < -0.3 is 5.11 Å². The van der Waals surface area contributed by atoms with E-state index in [2.05, 4.69) is 0 Å². The fourth-order valence-corrected chi connectivity index (χ4v) is 1.92. The van der Waals surface area contributed by atoms with Gasteiger partial charge in [0.15, 0.2) is 0 Å². The van der Waals surface area contributed by atoms with Crippen molar-refractivity contribution in [2.24, 2.45) is 0 Å². The molecule has 0 atom stereocenters. The predicted molar refractivity (Wildman–Crippen MR) is 72.2 cm³/mol. The molecule has 2 rings (SSSR count). The summed E-state index contributed by atoms with van der Waals surface area (Å²) in [5.41, 5.74) is 0.356. The molecule has 0 unspecified atom stereocenters. The summed E-state index contributed by atoms with van der Waals surface area (Å²) in [6.07, 6.45) is 0. The standard InChI is InChI=1S/C15H19NO/c1-3-16(4-2)11-14-13-8-6-5-7-12(13)9-10-15(14)17/h5-10,17H,3-4,11H2,1-2H3/i11D2. The minimum Gasteiger partial charge on any atom is -0.508 e. The van der Waals surface area contributed by atoms with E-state index >= 15 is 0 Å². The summed E-state index contributed by atoms with van der Waals surface area (Å²) < 4.78 is 16.8. The highest BCUT2D eigenvalue weighted by Crippen LogP contribution is 2.28. The SMILES string of the molecule is [2H]C([2H])(c1c(O)ccc2ccccc12)N(CC)CC. The maximum Gasteiger partial charge on any atom is 0.120 e. The van der Waals surface area contributed by atoms with Gasteiger partial charge in [0.25, 0.3) is 0 Å². The number of benzene rings is 2. The Kier molecular flexibility index (Phi) is 2.90. The first-order chi connectivity index (χ1) is 9.02. The number of phenolic OH excluding ortho intramolecular Hbond substituents is 1. The molecule has 90 valence electrons. The minimum atomic E-state index is -1.69. The van der Waals surface area contributed by atoms with Crippen LogP contribution in [0.5, 0.6) is 5.75 Å². The van der Waals surface area contributed by atoms with Crippen LogP contribution < -0.4 is 0 Å². The van der Waals surface area contributed by atoms with Crippen LogP contribution in [0.25, 0.3) is 10.8 Å². The smallest absolute Gasteiger partial charge is 0.120 e. The molecule has 0 fully saturated rings. The molecule has 0 bridgehead atoms. The predicted octanol–water partition coefficient (Wildman–Crippen LogP) is 3.39. The number of hydrogen-bond donors (Lipinski definition) is 1. The lowest BCUT2D eigenvalue weighted by molar-refractivity contribution is 0.292. The quantitative estimate of drug-likeness (QED) is 0.872. The van der Waals surface area contributed by atoms with Gasteiger partial charge in [0.1, 0.15) is 5.75 Å². The maximum absolute atomic E-state index is 10.1. The Morgan fingerprint density at radius 1 is 1.12 bits per heavy atom. The van der Waals surface area contributed by atoms with Crippen LogP contribution >= 0.6 is 0 Å². The van der Waals surface area contributed by atoms with Gasteiger partial charge >= 0.3 is 0 Å². The zero-order valence-corrected chi connectivity index (χ0v) is 10.3. The second kappa shape index (κ2) is 5.19. The molecule has 0 aliphatic rings. The third-order valence-corrected chi connectivity index (χ3v) is 2.94. The molecule has 0 radical (unpaired) electrons. The zero-order chi connectivity index (χ0) is 14.0. The van der Waals surface area contributed by atoms with Gasteiger partial charge in [-0.3, -0.25) is 4.90 Å². The van der Waals surface area contributed by atoms with Crippen molar-refractivity contribution in [2.45, 2.75) is 20.3 Å². The second-order valence-electron chi connectivity index (χ2n) is 3.96. The second-order valence-corrected chi connectivity index (χ2v) is 3.96. The average Bonchev–Trinajstić information content (AvgIpc) is 2.39. The molecule has 2 aromatic rings. The lowest BCUT2D eigenvalue weighted by Crippen LogP contribution is -2.22. The average molecular weight is 231 g/mol. The van der Waals surface area contributed by atoms with Crippen molar-refractivity contribution in [3.8, 4) is 5.75 Å². The Balaban J connectivity index is 2.70. The molecule has 2 nitrogen and oxygen atoms in total. The van der Waals surface area contributed by atoms with E-state index in [4.69, 9.17) is 2.74 Å². The van der Waals surface area contributed by atoms with Gasteiger partial charge in [-0.05, 0) is 29.9 Å². The topological polar surface area (TPSA) is 23.5 Å². The highest BCUT2D eigenvalue weighted by molar-refractivity contribution is 5.87.